The number of nitrogens with one attached hydrogen (secondary N) is 1. The number of aliphatic hydroxyl groups excluding tert-OH is 8. The van der Waals surface area contributed by atoms with Crippen molar-refractivity contribution in [2.45, 2.75) is 479 Å². The lowest BCUT2D eigenvalue weighted by Crippen LogP contribution is -2.65. The first-order valence-electron chi connectivity index (χ1n) is 42.7. The molecule has 2 fully saturated rings. The minimum absolute atomic E-state index is 0.244. The fourth-order valence-electron chi connectivity index (χ4n) is 14.3. The summed E-state index contributed by atoms with van der Waals surface area (Å²) in [5, 5.41) is 87.7. The lowest BCUT2D eigenvalue weighted by molar-refractivity contribution is -0.359. The van der Waals surface area contributed by atoms with Crippen molar-refractivity contribution in [3.05, 3.63) is 36.5 Å². The van der Waals surface area contributed by atoms with E-state index >= 15 is 0 Å². The van der Waals surface area contributed by atoms with Gasteiger partial charge in [0.05, 0.1) is 32.0 Å². The van der Waals surface area contributed by atoms with Gasteiger partial charge in [0, 0.05) is 6.42 Å². The van der Waals surface area contributed by atoms with Crippen LogP contribution in [0.1, 0.15) is 406 Å². The second kappa shape index (κ2) is 69.3. The van der Waals surface area contributed by atoms with Crippen LogP contribution in [0.15, 0.2) is 36.5 Å². The van der Waals surface area contributed by atoms with Crippen LogP contribution < -0.4 is 5.32 Å². The Labute approximate surface area is 608 Å². The Hall–Kier alpha value is -1.79. The van der Waals surface area contributed by atoms with Gasteiger partial charge >= 0.3 is 0 Å². The normalized spacial score (nSPS) is 22.0. The van der Waals surface area contributed by atoms with Gasteiger partial charge in [-0.25, -0.2) is 0 Å². The van der Waals surface area contributed by atoms with Crippen molar-refractivity contribution in [3.63, 3.8) is 0 Å². The number of ether oxygens (including phenoxy) is 4. The van der Waals surface area contributed by atoms with Gasteiger partial charge in [-0.1, -0.05) is 391 Å². The molecule has 14 nitrogen and oxygen atoms in total. The zero-order valence-corrected chi connectivity index (χ0v) is 64.3. The molecular weight excluding hydrogens is 1240 g/mol. The van der Waals surface area contributed by atoms with Gasteiger partial charge in [-0.05, 0) is 44.9 Å². The van der Waals surface area contributed by atoms with Gasteiger partial charge in [0.25, 0.3) is 0 Å². The van der Waals surface area contributed by atoms with Crippen LogP contribution in [0.25, 0.3) is 0 Å². The first-order valence-corrected chi connectivity index (χ1v) is 42.7. The summed E-state index contributed by atoms with van der Waals surface area (Å²) in [7, 11) is 0. The highest BCUT2D eigenvalue weighted by molar-refractivity contribution is 5.76. The van der Waals surface area contributed by atoms with E-state index in [-0.39, 0.29) is 18.9 Å². The number of aliphatic hydroxyl groups is 8. The number of rotatable bonds is 73. The monoisotopic (exact) mass is 1400 g/mol. The van der Waals surface area contributed by atoms with Gasteiger partial charge in [0.15, 0.2) is 12.6 Å². The third-order valence-corrected chi connectivity index (χ3v) is 21.1. The van der Waals surface area contributed by atoms with Crippen molar-refractivity contribution in [2.75, 3.05) is 19.8 Å². The predicted octanol–water partition coefficient (Wildman–Crippen LogP) is 20.0. The lowest BCUT2D eigenvalue weighted by Gasteiger charge is -2.46. The van der Waals surface area contributed by atoms with E-state index in [1.54, 1.807) is 6.08 Å². The van der Waals surface area contributed by atoms with Crippen LogP contribution in [-0.2, 0) is 23.7 Å². The van der Waals surface area contributed by atoms with Crippen LogP contribution in [-0.4, -0.2) is 140 Å². The summed E-state index contributed by atoms with van der Waals surface area (Å²) in [5.41, 5.74) is 0. The van der Waals surface area contributed by atoms with E-state index in [9.17, 15) is 45.6 Å². The van der Waals surface area contributed by atoms with Gasteiger partial charge < -0.3 is 65.1 Å². The fraction of sp³-hybridized carbons (Fsp3) is 0.918. The van der Waals surface area contributed by atoms with Crippen molar-refractivity contribution in [3.8, 4) is 0 Å². The second-order valence-electron chi connectivity index (χ2n) is 30.3. The molecule has 9 N–H and O–H groups in total. The summed E-state index contributed by atoms with van der Waals surface area (Å²) in [6.07, 6.45) is 75.5. The molecule has 0 aromatic heterocycles. The molecule has 0 bridgehead atoms. The highest BCUT2D eigenvalue weighted by atomic mass is 16.7. The highest BCUT2D eigenvalue weighted by Crippen LogP contribution is 2.30. The maximum absolute atomic E-state index is 13.4. The van der Waals surface area contributed by atoms with Crippen molar-refractivity contribution in [1.82, 2.24) is 5.32 Å². The molecule has 0 saturated carbocycles. The number of amides is 1. The molecule has 0 aromatic carbocycles. The van der Waals surface area contributed by atoms with Gasteiger partial charge in [0.1, 0.15) is 48.8 Å². The molecule has 2 aliphatic rings. The minimum atomic E-state index is -1.79. The molecule has 1 amide bonds. The standard InChI is InChI=1S/C85H161NO13/c1-3-5-7-9-11-13-15-17-19-21-23-25-27-29-31-33-35-36-37-39-41-43-45-47-49-51-53-55-57-59-61-63-65-67-69-77(90)86-73(72-96-84-82(95)80(93)83(76(71-88)98-84)99-85-81(94)79(92)78(91)75(70-87)97-85)74(89)68-66-64-62-60-58-56-54-52-50-48-46-44-42-40-38-34-32-30-28-26-24-22-20-18-16-14-12-10-8-6-4-2/h50,52,58,60,66,68,73-76,78-85,87-89,91-95H,3-49,51,53-57,59,61-65,67,69-72H2,1-2H3,(H,86,90)/b52-50+,60-58+,68-66+. The van der Waals surface area contributed by atoms with Gasteiger partial charge in [-0.2, -0.15) is 0 Å². The number of hydrogen-bond donors (Lipinski definition) is 9. The summed E-state index contributed by atoms with van der Waals surface area (Å²) in [6.45, 7) is 2.85. The Morgan fingerprint density at radius 2 is 0.646 bits per heavy atom. The second-order valence-corrected chi connectivity index (χ2v) is 30.3. The van der Waals surface area contributed by atoms with E-state index in [4.69, 9.17) is 18.9 Å². The van der Waals surface area contributed by atoms with Crippen molar-refractivity contribution in [2.24, 2.45) is 0 Å². The molecule has 2 aliphatic heterocycles. The van der Waals surface area contributed by atoms with Crippen molar-refractivity contribution in [1.29, 1.82) is 0 Å². The first kappa shape index (κ1) is 93.3. The fourth-order valence-corrected chi connectivity index (χ4v) is 14.3. The van der Waals surface area contributed by atoms with Gasteiger partial charge in [-0.3, -0.25) is 4.79 Å². The molecule has 0 radical (unpaired) electrons. The van der Waals surface area contributed by atoms with Crippen molar-refractivity contribution >= 4 is 5.91 Å². The Kier molecular flexibility index (Phi) is 65.3. The number of carbonyl (C=O) groups excluding carboxylic acids is 1. The van der Waals surface area contributed by atoms with Crippen LogP contribution in [0.3, 0.4) is 0 Å². The molecule has 2 saturated heterocycles. The average Bonchev–Trinajstić information content (AvgIpc) is 0.799. The minimum Gasteiger partial charge on any atom is -0.394 e. The summed E-state index contributed by atoms with van der Waals surface area (Å²) in [4.78, 5) is 13.4. The molecule has 0 spiro atoms. The van der Waals surface area contributed by atoms with Crippen LogP contribution in [0.2, 0.25) is 0 Å². The molecule has 2 heterocycles. The zero-order chi connectivity index (χ0) is 71.5. The van der Waals surface area contributed by atoms with E-state index in [1.165, 1.54) is 327 Å². The van der Waals surface area contributed by atoms with Crippen LogP contribution >= 0.6 is 0 Å². The number of hydrogen-bond acceptors (Lipinski definition) is 13. The van der Waals surface area contributed by atoms with Crippen LogP contribution in [0.5, 0.6) is 0 Å². The SMILES string of the molecule is CCCCCCCCCCCCCCCCCCCCCCC/C=C/CC/C=C/CC/C=C/C(O)C(COC1OC(CO)C(OC2OC(CO)C(O)C(O)C2O)C(O)C1O)NC(=O)CCCCCCCCCCCCCCCCCCCCCCCCCCCCCCCCCCCC. The predicted molar refractivity (Wildman–Crippen MR) is 411 cm³/mol. The van der Waals surface area contributed by atoms with E-state index in [1.807, 2.05) is 6.08 Å². The number of carbonyl (C=O) groups is 1. The highest BCUT2D eigenvalue weighted by Gasteiger charge is 2.51. The number of unbranched alkanes of at least 4 members (excludes halogenated alkanes) is 56. The molecule has 99 heavy (non-hydrogen) atoms. The Bertz CT molecular complexity index is 1800. The Balaban J connectivity index is 1.61. The topological polar surface area (TPSA) is 228 Å². The van der Waals surface area contributed by atoms with E-state index in [0.29, 0.717) is 12.8 Å². The molecule has 0 aliphatic carbocycles. The maximum Gasteiger partial charge on any atom is 0.220 e. The average molecular weight is 1410 g/mol. The van der Waals surface area contributed by atoms with Gasteiger partial charge in [0.2, 0.25) is 5.91 Å². The third kappa shape index (κ3) is 51.9. The van der Waals surface area contributed by atoms with Crippen LogP contribution in [0.4, 0.5) is 0 Å². The van der Waals surface area contributed by atoms with Crippen LogP contribution in [0, 0.1) is 0 Å². The summed E-state index contributed by atoms with van der Waals surface area (Å²) in [6, 6.07) is -0.939. The molecule has 584 valence electrons. The zero-order valence-electron chi connectivity index (χ0n) is 64.3. The lowest BCUT2D eigenvalue weighted by atomic mass is 9.97. The van der Waals surface area contributed by atoms with E-state index < -0.39 is 86.8 Å². The largest absolute Gasteiger partial charge is 0.394 e. The van der Waals surface area contributed by atoms with Gasteiger partial charge in [-0.15, -0.1) is 0 Å². The first-order chi connectivity index (χ1) is 48.6. The Morgan fingerprint density at radius 1 is 0.354 bits per heavy atom. The summed E-state index contributed by atoms with van der Waals surface area (Å²) in [5.74, 6) is -0.244. The summed E-state index contributed by atoms with van der Waals surface area (Å²) < 4.78 is 22.9. The summed E-state index contributed by atoms with van der Waals surface area (Å²) >= 11 is 0. The van der Waals surface area contributed by atoms with E-state index in [0.717, 1.165) is 44.9 Å². The maximum atomic E-state index is 13.4. The van der Waals surface area contributed by atoms with E-state index in [2.05, 4.69) is 43.5 Å². The third-order valence-electron chi connectivity index (χ3n) is 21.1. The Morgan fingerprint density at radius 3 is 0.990 bits per heavy atom. The molecular formula is C85H161NO13. The molecule has 14 heteroatoms. The molecule has 12 unspecified atom stereocenters. The smallest absolute Gasteiger partial charge is 0.220 e. The molecule has 0 aromatic rings. The molecule has 2 rings (SSSR count). The quantitative estimate of drug-likeness (QED) is 0.0204. The van der Waals surface area contributed by atoms with Crippen molar-refractivity contribution < 1.29 is 64.6 Å². The number of allylic oxidation sites excluding steroid dienone is 5. The molecule has 12 atom stereocenters.